The predicted octanol–water partition coefficient (Wildman–Crippen LogP) is 4.28. The van der Waals surface area contributed by atoms with E-state index in [0.29, 0.717) is 4.88 Å². The number of thiophene rings is 1. The smallest absolute Gasteiger partial charge is 0.206 e. The molecule has 0 unspecified atom stereocenters. The molecule has 2 aromatic carbocycles. The minimum atomic E-state index is -0.613. The SMILES string of the molecule is COc1cccc(C(=O)c2cc3ccccc3s2)c1F. The normalized spacial score (nSPS) is 10.7. The van der Waals surface area contributed by atoms with Crippen molar-refractivity contribution >= 4 is 27.2 Å². The van der Waals surface area contributed by atoms with Crippen molar-refractivity contribution in [1.29, 1.82) is 0 Å². The van der Waals surface area contributed by atoms with Gasteiger partial charge in [-0.1, -0.05) is 24.3 Å². The van der Waals surface area contributed by atoms with E-state index in [1.54, 1.807) is 12.1 Å². The van der Waals surface area contributed by atoms with E-state index in [0.717, 1.165) is 10.1 Å². The molecule has 100 valence electrons. The number of carbonyl (C=O) groups is 1. The predicted molar refractivity (Wildman–Crippen MR) is 78.2 cm³/mol. The molecule has 1 aromatic heterocycles. The highest BCUT2D eigenvalue weighted by Crippen LogP contribution is 2.29. The number of rotatable bonds is 3. The minimum Gasteiger partial charge on any atom is -0.494 e. The monoisotopic (exact) mass is 286 g/mol. The summed E-state index contributed by atoms with van der Waals surface area (Å²) < 4.78 is 20.0. The van der Waals surface area contributed by atoms with E-state index in [4.69, 9.17) is 4.74 Å². The van der Waals surface area contributed by atoms with E-state index >= 15 is 0 Å². The third-order valence-electron chi connectivity index (χ3n) is 3.08. The molecule has 0 aliphatic carbocycles. The van der Waals surface area contributed by atoms with Crippen molar-refractivity contribution in [3.05, 3.63) is 64.8 Å². The number of halogens is 1. The second-order valence-corrected chi connectivity index (χ2v) is 5.38. The summed E-state index contributed by atoms with van der Waals surface area (Å²) in [6.45, 7) is 0. The van der Waals surface area contributed by atoms with Crippen LogP contribution in [-0.4, -0.2) is 12.9 Å². The van der Waals surface area contributed by atoms with Crippen LogP contribution >= 0.6 is 11.3 Å². The lowest BCUT2D eigenvalue weighted by molar-refractivity contribution is 0.103. The summed E-state index contributed by atoms with van der Waals surface area (Å²) in [4.78, 5) is 12.9. The Morgan fingerprint density at radius 3 is 2.70 bits per heavy atom. The Balaban J connectivity index is 2.08. The summed E-state index contributed by atoms with van der Waals surface area (Å²) in [6.07, 6.45) is 0. The second-order valence-electron chi connectivity index (χ2n) is 4.30. The van der Waals surface area contributed by atoms with Crippen LogP contribution in [-0.2, 0) is 0 Å². The highest BCUT2D eigenvalue weighted by molar-refractivity contribution is 7.21. The van der Waals surface area contributed by atoms with Gasteiger partial charge < -0.3 is 4.74 Å². The van der Waals surface area contributed by atoms with Gasteiger partial charge >= 0.3 is 0 Å². The van der Waals surface area contributed by atoms with Crippen molar-refractivity contribution < 1.29 is 13.9 Å². The first-order chi connectivity index (χ1) is 9.70. The number of methoxy groups -OCH3 is 1. The van der Waals surface area contributed by atoms with E-state index < -0.39 is 5.82 Å². The number of hydrogen-bond acceptors (Lipinski definition) is 3. The lowest BCUT2D eigenvalue weighted by Crippen LogP contribution is -2.03. The summed E-state index contributed by atoms with van der Waals surface area (Å²) in [7, 11) is 1.38. The molecule has 0 bridgehead atoms. The number of hydrogen-bond donors (Lipinski definition) is 0. The Morgan fingerprint density at radius 1 is 1.15 bits per heavy atom. The number of ketones is 1. The Morgan fingerprint density at radius 2 is 1.95 bits per heavy atom. The van der Waals surface area contributed by atoms with Gasteiger partial charge in [0.05, 0.1) is 17.6 Å². The molecule has 20 heavy (non-hydrogen) atoms. The maximum atomic E-state index is 14.1. The molecule has 2 nitrogen and oxygen atoms in total. The quantitative estimate of drug-likeness (QED) is 0.672. The van der Waals surface area contributed by atoms with E-state index in [9.17, 15) is 9.18 Å². The van der Waals surface area contributed by atoms with Gasteiger partial charge in [-0.05, 0) is 29.7 Å². The van der Waals surface area contributed by atoms with Crippen LogP contribution in [0.3, 0.4) is 0 Å². The average Bonchev–Trinajstić information content (AvgIpc) is 2.90. The molecule has 0 saturated heterocycles. The summed E-state index contributed by atoms with van der Waals surface area (Å²) in [5, 5.41) is 0.990. The van der Waals surface area contributed by atoms with E-state index in [-0.39, 0.29) is 17.1 Å². The highest BCUT2D eigenvalue weighted by Gasteiger charge is 2.19. The van der Waals surface area contributed by atoms with Crippen molar-refractivity contribution in [2.75, 3.05) is 7.11 Å². The zero-order valence-corrected chi connectivity index (χ0v) is 11.5. The van der Waals surface area contributed by atoms with Gasteiger partial charge in [-0.15, -0.1) is 11.3 Å². The van der Waals surface area contributed by atoms with E-state index in [2.05, 4.69) is 0 Å². The van der Waals surface area contributed by atoms with Crippen molar-refractivity contribution in [2.24, 2.45) is 0 Å². The first kappa shape index (κ1) is 12.8. The zero-order chi connectivity index (χ0) is 14.1. The van der Waals surface area contributed by atoms with Gasteiger partial charge in [0.1, 0.15) is 0 Å². The van der Waals surface area contributed by atoms with Crippen molar-refractivity contribution in [2.45, 2.75) is 0 Å². The van der Waals surface area contributed by atoms with Gasteiger partial charge in [0.2, 0.25) is 5.78 Å². The number of ether oxygens (including phenoxy) is 1. The molecular weight excluding hydrogens is 275 g/mol. The van der Waals surface area contributed by atoms with Crippen molar-refractivity contribution in [3.63, 3.8) is 0 Å². The number of benzene rings is 2. The topological polar surface area (TPSA) is 26.3 Å². The third-order valence-corrected chi connectivity index (χ3v) is 4.19. The third kappa shape index (κ3) is 2.08. The fraction of sp³-hybridized carbons (Fsp3) is 0.0625. The summed E-state index contributed by atoms with van der Waals surface area (Å²) in [6, 6.07) is 14.1. The van der Waals surface area contributed by atoms with Gasteiger partial charge in [-0.25, -0.2) is 4.39 Å². The Labute approximate surface area is 119 Å². The molecule has 1 heterocycles. The molecule has 0 saturated carbocycles. The molecule has 0 spiro atoms. The molecule has 3 rings (SSSR count). The fourth-order valence-electron chi connectivity index (χ4n) is 2.07. The molecule has 0 amide bonds. The molecular formula is C16H11FO2S. The van der Waals surface area contributed by atoms with E-state index in [1.807, 2.05) is 24.3 Å². The summed E-state index contributed by atoms with van der Waals surface area (Å²) in [5.74, 6) is -0.850. The van der Waals surface area contributed by atoms with E-state index in [1.165, 1.54) is 30.6 Å². The van der Waals surface area contributed by atoms with Gasteiger partial charge in [0.25, 0.3) is 0 Å². The van der Waals surface area contributed by atoms with Gasteiger partial charge in [0, 0.05) is 4.70 Å². The fourth-order valence-corrected chi connectivity index (χ4v) is 3.09. The molecule has 4 heteroatoms. The van der Waals surface area contributed by atoms with Crippen LogP contribution in [0.15, 0.2) is 48.5 Å². The van der Waals surface area contributed by atoms with Crippen LogP contribution in [0.25, 0.3) is 10.1 Å². The lowest BCUT2D eigenvalue weighted by Gasteiger charge is -2.05. The van der Waals surface area contributed by atoms with Crippen LogP contribution in [0.2, 0.25) is 0 Å². The maximum absolute atomic E-state index is 14.1. The van der Waals surface area contributed by atoms with Crippen LogP contribution in [0.4, 0.5) is 4.39 Å². The molecule has 3 aromatic rings. The Kier molecular flexibility index (Phi) is 3.24. The standard InChI is InChI=1S/C16H11FO2S/c1-19-12-7-4-6-11(15(12)17)16(18)14-9-10-5-2-3-8-13(10)20-14/h2-9H,1H3. The highest BCUT2D eigenvalue weighted by atomic mass is 32.1. The van der Waals surface area contributed by atoms with Crippen molar-refractivity contribution in [3.8, 4) is 5.75 Å². The van der Waals surface area contributed by atoms with Crippen LogP contribution in [0.5, 0.6) is 5.75 Å². The summed E-state index contributed by atoms with van der Waals surface area (Å²) >= 11 is 1.37. The molecule has 0 atom stereocenters. The molecule has 0 N–H and O–H groups in total. The Bertz CT molecular complexity index is 759. The van der Waals surface area contributed by atoms with Crippen LogP contribution < -0.4 is 4.74 Å². The molecule has 0 aliphatic rings. The van der Waals surface area contributed by atoms with Gasteiger partial charge in [-0.2, -0.15) is 0 Å². The number of fused-ring (bicyclic) bond motifs is 1. The maximum Gasteiger partial charge on any atom is 0.206 e. The second kappa shape index (κ2) is 5.06. The van der Waals surface area contributed by atoms with Gasteiger partial charge in [0.15, 0.2) is 11.6 Å². The van der Waals surface area contributed by atoms with Crippen molar-refractivity contribution in [1.82, 2.24) is 0 Å². The lowest BCUT2D eigenvalue weighted by atomic mass is 10.1. The Hall–Kier alpha value is -2.20. The average molecular weight is 286 g/mol. The largest absolute Gasteiger partial charge is 0.494 e. The van der Waals surface area contributed by atoms with Gasteiger partial charge in [-0.3, -0.25) is 4.79 Å². The zero-order valence-electron chi connectivity index (χ0n) is 10.7. The first-order valence-corrected chi connectivity index (χ1v) is 6.88. The summed E-state index contributed by atoms with van der Waals surface area (Å²) in [5.41, 5.74) is 0.0379. The van der Waals surface area contributed by atoms with Crippen LogP contribution in [0, 0.1) is 5.82 Å². The minimum absolute atomic E-state index is 0.0379. The first-order valence-electron chi connectivity index (χ1n) is 6.06. The molecule has 0 aliphatic heterocycles. The molecule has 0 fully saturated rings. The number of carbonyl (C=O) groups excluding carboxylic acids is 1. The molecule has 0 radical (unpaired) electrons. The van der Waals surface area contributed by atoms with Crippen LogP contribution in [0.1, 0.15) is 15.2 Å².